The first kappa shape index (κ1) is 37.2. The number of ether oxygens (including phenoxy) is 1. The van der Waals surface area contributed by atoms with Gasteiger partial charge in [-0.3, -0.25) is 24.6 Å². The van der Waals surface area contributed by atoms with Crippen molar-refractivity contribution in [1.29, 1.82) is 5.41 Å². The number of rotatable bonds is 11. The Morgan fingerprint density at radius 3 is 2.36 bits per heavy atom. The second-order valence-electron chi connectivity index (χ2n) is 11.9. The largest absolute Gasteiger partial charge is 0.481 e. The first-order valence-electron chi connectivity index (χ1n) is 15.7. The molecule has 2 atom stereocenters. The number of carboxylic acid groups (broad SMARTS) is 1. The highest BCUT2D eigenvalue weighted by molar-refractivity contribution is 7.89. The molecule has 6 N–H and O–H groups in total. The predicted octanol–water partition coefficient (Wildman–Crippen LogP) is 2.02. The average molecular weight is 675 g/mol. The van der Waals surface area contributed by atoms with Gasteiger partial charge in [-0.05, 0) is 54.5 Å². The molecule has 2 amide bonds. The Morgan fingerprint density at radius 1 is 1.06 bits per heavy atom. The molecule has 15 heteroatoms. The summed E-state index contributed by atoms with van der Waals surface area (Å²) in [6.45, 7) is 2.26. The highest BCUT2D eigenvalue weighted by atomic mass is 32.2. The van der Waals surface area contributed by atoms with Gasteiger partial charge in [-0.1, -0.05) is 49.6 Å². The summed E-state index contributed by atoms with van der Waals surface area (Å²) < 4.78 is 34.6. The molecule has 0 aromatic heterocycles. The number of hydrogen-bond acceptors (Lipinski definition) is 8. The maximum atomic E-state index is 14.0. The molecule has 0 radical (unpaired) electrons. The van der Waals surface area contributed by atoms with E-state index in [9.17, 15) is 22.8 Å². The van der Waals surface area contributed by atoms with E-state index in [-0.39, 0.29) is 29.4 Å². The number of esters is 1. The van der Waals surface area contributed by atoms with Crippen molar-refractivity contribution in [2.45, 2.75) is 75.3 Å². The van der Waals surface area contributed by atoms with E-state index in [1.54, 1.807) is 23.1 Å². The van der Waals surface area contributed by atoms with Crippen LogP contribution in [-0.2, 0) is 33.9 Å². The number of nitrogens with zero attached hydrogens (tertiary/aromatic N) is 2. The lowest BCUT2D eigenvalue weighted by Crippen LogP contribution is -2.55. The Morgan fingerprint density at radius 2 is 1.72 bits per heavy atom. The van der Waals surface area contributed by atoms with Crippen LogP contribution in [0.15, 0.2) is 47.4 Å². The molecule has 14 nitrogen and oxygen atoms in total. The lowest BCUT2D eigenvalue weighted by molar-refractivity contribution is -0.150. The van der Waals surface area contributed by atoms with Crippen LogP contribution in [0, 0.1) is 11.3 Å². The van der Waals surface area contributed by atoms with E-state index in [4.69, 9.17) is 25.8 Å². The Balaban J connectivity index is 0.00000142. The van der Waals surface area contributed by atoms with Crippen molar-refractivity contribution >= 4 is 50.5 Å². The van der Waals surface area contributed by atoms with Crippen molar-refractivity contribution in [2.75, 3.05) is 33.3 Å². The van der Waals surface area contributed by atoms with Crippen LogP contribution in [0.3, 0.4) is 0 Å². The number of nitrogens with one attached hydrogen (secondary N) is 3. The van der Waals surface area contributed by atoms with Crippen LogP contribution in [0.1, 0.15) is 58.3 Å². The number of carbonyl (C=O) groups is 4. The highest BCUT2D eigenvalue weighted by Crippen LogP contribution is 2.25. The molecule has 0 bridgehead atoms. The number of carbonyl (C=O) groups excluding carboxylic acids is 3. The zero-order valence-electron chi connectivity index (χ0n) is 26.9. The molecule has 1 aliphatic carbocycles. The van der Waals surface area contributed by atoms with E-state index in [0.717, 1.165) is 44.4 Å². The summed E-state index contributed by atoms with van der Waals surface area (Å²) in [5.74, 6) is -2.55. The van der Waals surface area contributed by atoms with Crippen LogP contribution >= 0.6 is 0 Å². The van der Waals surface area contributed by atoms with Crippen molar-refractivity contribution < 1.29 is 37.4 Å². The van der Waals surface area contributed by atoms with Crippen molar-refractivity contribution in [3.05, 3.63) is 42.5 Å². The summed E-state index contributed by atoms with van der Waals surface area (Å²) in [5.41, 5.74) is 5.64. The first-order chi connectivity index (χ1) is 22.3. The fourth-order valence-electron chi connectivity index (χ4n) is 5.92. The van der Waals surface area contributed by atoms with E-state index >= 15 is 0 Å². The zero-order valence-corrected chi connectivity index (χ0v) is 27.8. The first-order valence-corrected chi connectivity index (χ1v) is 17.2. The molecule has 2 aromatic rings. The fraction of sp³-hybridized carbons (Fsp3) is 0.531. The van der Waals surface area contributed by atoms with Gasteiger partial charge in [-0.15, -0.1) is 0 Å². The van der Waals surface area contributed by atoms with E-state index in [0.29, 0.717) is 37.9 Å². The summed E-state index contributed by atoms with van der Waals surface area (Å²) >= 11 is 0. The van der Waals surface area contributed by atoms with Crippen LogP contribution < -0.4 is 15.8 Å². The van der Waals surface area contributed by atoms with Gasteiger partial charge in [0, 0.05) is 32.6 Å². The van der Waals surface area contributed by atoms with Gasteiger partial charge < -0.3 is 30.7 Å². The summed E-state index contributed by atoms with van der Waals surface area (Å²) in [7, 11) is -3.00. The third kappa shape index (κ3) is 11.5. The SMILES string of the molecule is CC(=O)O.COC(=O)CN(C(=O)[C@H](CC(=O)NC[C@@H]1CCCN(C(=N)N)C1)NS(=O)(=O)c1ccc2ccccc2c1)C1CCCCC1. The molecule has 258 valence electrons. The monoisotopic (exact) mass is 674 g/mol. The van der Waals surface area contributed by atoms with Crippen molar-refractivity contribution in [2.24, 2.45) is 11.7 Å². The van der Waals surface area contributed by atoms with E-state index < -0.39 is 46.2 Å². The van der Waals surface area contributed by atoms with Gasteiger partial charge in [0.25, 0.3) is 5.97 Å². The van der Waals surface area contributed by atoms with Crippen molar-refractivity contribution in [3.63, 3.8) is 0 Å². The Labute approximate surface area is 275 Å². The number of piperidine rings is 1. The molecular formula is C32H46N6O8S. The van der Waals surface area contributed by atoms with Gasteiger partial charge in [0.2, 0.25) is 21.8 Å². The normalized spacial score (nSPS) is 17.5. The Kier molecular flexibility index (Phi) is 13.9. The molecule has 2 aromatic carbocycles. The Hall–Kier alpha value is -4.24. The number of likely N-dealkylation sites (tertiary alicyclic amines) is 1. The second kappa shape index (κ2) is 17.6. The van der Waals surface area contributed by atoms with Crippen LogP contribution in [-0.4, -0.2) is 98.4 Å². The summed E-state index contributed by atoms with van der Waals surface area (Å²) in [6.07, 6.45) is 5.34. The molecule has 4 rings (SSSR count). The molecule has 1 saturated carbocycles. The number of methoxy groups -OCH3 is 1. The molecule has 2 aliphatic rings. The number of aliphatic carboxylic acids is 1. The third-order valence-electron chi connectivity index (χ3n) is 8.29. The van der Waals surface area contributed by atoms with E-state index in [2.05, 4.69) is 10.0 Å². The van der Waals surface area contributed by atoms with Crippen LogP contribution in [0.2, 0.25) is 0 Å². The number of guanidine groups is 1. The molecule has 47 heavy (non-hydrogen) atoms. The minimum Gasteiger partial charge on any atom is -0.481 e. The minimum atomic E-state index is -4.23. The van der Waals surface area contributed by atoms with Crippen LogP contribution in [0.5, 0.6) is 0 Å². The van der Waals surface area contributed by atoms with Gasteiger partial charge in [0.15, 0.2) is 5.96 Å². The second-order valence-corrected chi connectivity index (χ2v) is 13.6. The standard InChI is InChI=1S/C30H42N6O6S.C2H4O2/c1-42-28(38)20-36(24-11-3-2-4-12-24)29(39)26(17-27(37)33-18-21-8-7-15-35(19-21)30(31)32)34-43(40,41)25-14-13-22-9-5-6-10-23(22)16-25;1-2(3)4/h5-6,9-10,13-14,16,21,24,26,34H,2-4,7-8,11-12,15,17-20H2,1H3,(H3,31,32)(H,33,37);1H3,(H,3,4)/t21-,26-;/m0./s1. The topological polar surface area (TPSA) is 212 Å². The summed E-state index contributed by atoms with van der Waals surface area (Å²) in [4.78, 5) is 51.7. The number of hydrogen-bond donors (Lipinski definition) is 5. The van der Waals surface area contributed by atoms with Crippen molar-refractivity contribution in [1.82, 2.24) is 19.8 Å². The fourth-order valence-corrected chi connectivity index (χ4v) is 7.14. The molecular weight excluding hydrogens is 628 g/mol. The zero-order chi connectivity index (χ0) is 34.6. The highest BCUT2D eigenvalue weighted by Gasteiger charge is 2.36. The minimum absolute atomic E-state index is 0.0156. The predicted molar refractivity (Wildman–Crippen MR) is 176 cm³/mol. The lowest BCUT2D eigenvalue weighted by atomic mass is 9.93. The third-order valence-corrected chi connectivity index (χ3v) is 9.76. The Bertz CT molecular complexity index is 1520. The number of fused-ring (bicyclic) bond motifs is 1. The summed E-state index contributed by atoms with van der Waals surface area (Å²) in [5, 5.41) is 19.5. The molecule has 0 unspecified atom stereocenters. The van der Waals surface area contributed by atoms with E-state index in [1.165, 1.54) is 24.1 Å². The number of carboxylic acids is 1. The van der Waals surface area contributed by atoms with Crippen molar-refractivity contribution in [3.8, 4) is 0 Å². The molecule has 1 saturated heterocycles. The number of benzene rings is 2. The number of nitrogens with two attached hydrogens (primary N) is 1. The van der Waals surface area contributed by atoms with Gasteiger partial charge in [0.05, 0.1) is 18.4 Å². The molecule has 1 aliphatic heterocycles. The van der Waals surface area contributed by atoms with E-state index in [1.807, 2.05) is 12.1 Å². The van der Waals surface area contributed by atoms with Gasteiger partial charge >= 0.3 is 5.97 Å². The van der Waals surface area contributed by atoms with Crippen LogP contribution in [0.4, 0.5) is 0 Å². The lowest BCUT2D eigenvalue weighted by Gasteiger charge is -2.36. The summed E-state index contributed by atoms with van der Waals surface area (Å²) in [6, 6.07) is 10.3. The maximum absolute atomic E-state index is 14.0. The molecule has 0 spiro atoms. The molecule has 2 fully saturated rings. The van der Waals surface area contributed by atoms with Gasteiger partial charge in [-0.25, -0.2) is 8.42 Å². The smallest absolute Gasteiger partial charge is 0.325 e. The quantitative estimate of drug-likeness (QED) is 0.133. The van der Waals surface area contributed by atoms with Crippen LogP contribution in [0.25, 0.3) is 10.8 Å². The van der Waals surface area contributed by atoms with Gasteiger partial charge in [0.1, 0.15) is 12.6 Å². The maximum Gasteiger partial charge on any atom is 0.325 e. The number of amides is 2. The van der Waals surface area contributed by atoms with Gasteiger partial charge in [-0.2, -0.15) is 4.72 Å². The molecule has 1 heterocycles. The number of sulfonamides is 1. The average Bonchev–Trinajstić information content (AvgIpc) is 3.05.